The van der Waals surface area contributed by atoms with Crippen LogP contribution < -0.4 is 5.32 Å². The second-order valence-electron chi connectivity index (χ2n) is 8.29. The molecule has 4 rings (SSSR count). The van der Waals surface area contributed by atoms with E-state index in [2.05, 4.69) is 10.3 Å². The summed E-state index contributed by atoms with van der Waals surface area (Å²) in [5.74, 6) is -2.51. The van der Waals surface area contributed by atoms with Gasteiger partial charge in [0, 0.05) is 37.8 Å². The SMILES string of the molecule is CNC(=O)c1cc(F)c(-c2nc3cc(C)ccn3c2C[C@@H]2COCCN(C(=O)OC)C2)c(F)c1. The fourth-order valence-electron chi connectivity index (χ4n) is 4.24. The van der Waals surface area contributed by atoms with E-state index in [0.29, 0.717) is 44.1 Å². The van der Waals surface area contributed by atoms with Gasteiger partial charge in [0.25, 0.3) is 5.91 Å². The largest absolute Gasteiger partial charge is 0.453 e. The molecule has 0 aliphatic carbocycles. The van der Waals surface area contributed by atoms with Gasteiger partial charge in [0.05, 0.1) is 37.3 Å². The lowest BCUT2D eigenvalue weighted by Gasteiger charge is -2.22. The van der Waals surface area contributed by atoms with E-state index in [0.717, 1.165) is 17.7 Å². The standard InChI is InChI=1S/C24H26F2N4O4/c1-14-4-5-30-19(9-15-12-29(24(32)33-3)6-7-34-13-15)22(28-20(30)8-14)21-17(25)10-16(11-18(21)26)23(31)27-2/h4-5,8,10-11,15H,6-7,9,12-13H2,1-3H3,(H,27,31)/t15-/m0/s1. The molecule has 10 heteroatoms. The van der Waals surface area contributed by atoms with Crippen molar-refractivity contribution in [2.24, 2.45) is 5.92 Å². The summed E-state index contributed by atoms with van der Waals surface area (Å²) < 4.78 is 42.7. The van der Waals surface area contributed by atoms with Crippen LogP contribution in [-0.4, -0.2) is 66.7 Å². The molecule has 180 valence electrons. The molecule has 1 aromatic carbocycles. The highest BCUT2D eigenvalue weighted by Crippen LogP contribution is 2.32. The van der Waals surface area contributed by atoms with E-state index < -0.39 is 23.6 Å². The minimum absolute atomic E-state index is 0.117. The molecule has 1 aliphatic heterocycles. The molecule has 1 saturated heterocycles. The molecule has 34 heavy (non-hydrogen) atoms. The van der Waals surface area contributed by atoms with E-state index in [1.165, 1.54) is 14.2 Å². The van der Waals surface area contributed by atoms with Crippen molar-refractivity contribution in [1.82, 2.24) is 19.6 Å². The Morgan fingerprint density at radius 3 is 2.68 bits per heavy atom. The van der Waals surface area contributed by atoms with Crippen molar-refractivity contribution in [3.8, 4) is 11.3 Å². The Hall–Kier alpha value is -3.53. The van der Waals surface area contributed by atoms with Gasteiger partial charge in [-0.2, -0.15) is 0 Å². The van der Waals surface area contributed by atoms with E-state index in [9.17, 15) is 9.59 Å². The molecule has 1 atom stereocenters. The molecule has 3 aromatic rings. The van der Waals surface area contributed by atoms with Crippen molar-refractivity contribution in [1.29, 1.82) is 0 Å². The quantitative estimate of drug-likeness (QED) is 0.631. The molecule has 1 fully saturated rings. The van der Waals surface area contributed by atoms with Crippen LogP contribution >= 0.6 is 0 Å². The number of imidazole rings is 1. The van der Waals surface area contributed by atoms with E-state index in [4.69, 9.17) is 9.47 Å². The second kappa shape index (κ2) is 9.76. The Labute approximate surface area is 195 Å². The number of fused-ring (bicyclic) bond motifs is 1. The van der Waals surface area contributed by atoms with Crippen molar-refractivity contribution in [3.05, 3.63) is 58.9 Å². The smallest absolute Gasteiger partial charge is 0.409 e. The maximum atomic E-state index is 15.2. The fraction of sp³-hybridized carbons (Fsp3) is 0.375. The highest BCUT2D eigenvalue weighted by molar-refractivity contribution is 5.94. The van der Waals surface area contributed by atoms with Crippen molar-refractivity contribution < 1.29 is 27.8 Å². The number of pyridine rings is 1. The van der Waals surface area contributed by atoms with E-state index in [1.807, 2.05) is 19.1 Å². The molecule has 0 unspecified atom stereocenters. The Morgan fingerprint density at radius 1 is 1.26 bits per heavy atom. The molecule has 0 saturated carbocycles. The predicted octanol–water partition coefficient (Wildman–Crippen LogP) is 3.20. The molecule has 0 spiro atoms. The first kappa shape index (κ1) is 23.6. The van der Waals surface area contributed by atoms with Gasteiger partial charge >= 0.3 is 6.09 Å². The van der Waals surface area contributed by atoms with Crippen LogP contribution in [0.3, 0.4) is 0 Å². The fourth-order valence-corrected chi connectivity index (χ4v) is 4.24. The number of benzene rings is 1. The van der Waals surface area contributed by atoms with Crippen molar-refractivity contribution >= 4 is 17.6 Å². The van der Waals surface area contributed by atoms with Crippen LogP contribution in [0.5, 0.6) is 0 Å². The molecule has 8 nitrogen and oxygen atoms in total. The minimum atomic E-state index is -0.881. The number of ether oxygens (including phenoxy) is 2. The maximum Gasteiger partial charge on any atom is 0.409 e. The molecule has 2 amide bonds. The third kappa shape index (κ3) is 4.58. The van der Waals surface area contributed by atoms with Gasteiger partial charge in [-0.05, 0) is 43.2 Å². The third-order valence-electron chi connectivity index (χ3n) is 5.90. The lowest BCUT2D eigenvalue weighted by atomic mass is 9.98. The Kier molecular flexibility index (Phi) is 6.78. The third-order valence-corrected chi connectivity index (χ3v) is 5.90. The number of methoxy groups -OCH3 is 1. The van der Waals surface area contributed by atoms with Crippen LogP contribution in [0, 0.1) is 24.5 Å². The number of carbonyl (C=O) groups is 2. The zero-order valence-electron chi connectivity index (χ0n) is 19.2. The van der Waals surface area contributed by atoms with Crippen molar-refractivity contribution in [2.75, 3.05) is 40.5 Å². The van der Waals surface area contributed by atoms with E-state index in [1.54, 1.807) is 15.5 Å². The van der Waals surface area contributed by atoms with E-state index >= 15 is 8.78 Å². The monoisotopic (exact) mass is 472 g/mol. The number of nitrogens with zero attached hydrogens (tertiary/aromatic N) is 3. The molecule has 1 N–H and O–H groups in total. The molecule has 3 heterocycles. The van der Waals surface area contributed by atoms with Crippen molar-refractivity contribution in [3.63, 3.8) is 0 Å². The number of aromatic nitrogens is 2. The normalized spacial score (nSPS) is 16.4. The summed E-state index contributed by atoms with van der Waals surface area (Å²) in [4.78, 5) is 30.1. The number of aryl methyl sites for hydroxylation is 1. The summed E-state index contributed by atoms with van der Waals surface area (Å²) in [5, 5.41) is 2.36. The summed E-state index contributed by atoms with van der Waals surface area (Å²) in [5.41, 5.74) is 1.80. The van der Waals surface area contributed by atoms with Gasteiger partial charge in [-0.25, -0.2) is 18.6 Å². The summed E-state index contributed by atoms with van der Waals surface area (Å²) >= 11 is 0. The first-order valence-corrected chi connectivity index (χ1v) is 10.9. The highest BCUT2D eigenvalue weighted by Gasteiger charge is 2.28. The number of carbonyl (C=O) groups excluding carboxylic acids is 2. The lowest BCUT2D eigenvalue weighted by molar-refractivity contribution is 0.0962. The summed E-state index contributed by atoms with van der Waals surface area (Å²) in [6.45, 7) is 3.40. The van der Waals surface area contributed by atoms with Gasteiger partial charge in [0.1, 0.15) is 17.3 Å². The summed E-state index contributed by atoms with van der Waals surface area (Å²) in [6, 6.07) is 5.72. The zero-order chi connectivity index (χ0) is 24.4. The zero-order valence-corrected chi connectivity index (χ0v) is 19.2. The van der Waals surface area contributed by atoms with Gasteiger partial charge in [-0.15, -0.1) is 0 Å². The highest BCUT2D eigenvalue weighted by atomic mass is 19.1. The number of rotatable bonds is 4. The van der Waals surface area contributed by atoms with Crippen LogP contribution in [0.15, 0.2) is 30.5 Å². The average molecular weight is 472 g/mol. The van der Waals surface area contributed by atoms with E-state index in [-0.39, 0.29) is 22.7 Å². The molecule has 1 aliphatic rings. The Bertz CT molecular complexity index is 1220. The van der Waals surface area contributed by atoms with Gasteiger partial charge in [-0.3, -0.25) is 4.79 Å². The second-order valence-corrected chi connectivity index (χ2v) is 8.29. The topological polar surface area (TPSA) is 85.2 Å². The van der Waals surface area contributed by atoms with Crippen LogP contribution in [-0.2, 0) is 15.9 Å². The van der Waals surface area contributed by atoms with Gasteiger partial charge in [0.15, 0.2) is 0 Å². The maximum absolute atomic E-state index is 15.2. The van der Waals surface area contributed by atoms with Gasteiger partial charge in [0.2, 0.25) is 0 Å². The Balaban J connectivity index is 1.80. The minimum Gasteiger partial charge on any atom is -0.453 e. The van der Waals surface area contributed by atoms with Gasteiger partial charge in [-0.1, -0.05) is 0 Å². The first-order chi connectivity index (χ1) is 16.3. The van der Waals surface area contributed by atoms with Crippen LogP contribution in [0.4, 0.5) is 13.6 Å². The van der Waals surface area contributed by atoms with Crippen LogP contribution in [0.2, 0.25) is 0 Å². The van der Waals surface area contributed by atoms with Crippen molar-refractivity contribution in [2.45, 2.75) is 13.3 Å². The van der Waals surface area contributed by atoms with Crippen LogP contribution in [0.1, 0.15) is 21.6 Å². The number of hydrogen-bond donors (Lipinski definition) is 1. The summed E-state index contributed by atoms with van der Waals surface area (Å²) in [6.07, 6.45) is 1.70. The Morgan fingerprint density at radius 2 is 2.00 bits per heavy atom. The summed E-state index contributed by atoms with van der Waals surface area (Å²) in [7, 11) is 2.71. The molecule has 0 radical (unpaired) electrons. The molecule has 2 aromatic heterocycles. The lowest BCUT2D eigenvalue weighted by Crippen LogP contribution is -2.36. The predicted molar refractivity (Wildman–Crippen MR) is 121 cm³/mol. The molecular formula is C24H26F2N4O4. The number of halogens is 2. The number of hydrogen-bond acceptors (Lipinski definition) is 5. The molecular weight excluding hydrogens is 446 g/mol. The first-order valence-electron chi connectivity index (χ1n) is 10.9. The average Bonchev–Trinajstić information content (AvgIpc) is 2.98. The van der Waals surface area contributed by atoms with Gasteiger partial charge < -0.3 is 24.1 Å². The number of amides is 2. The number of nitrogens with one attached hydrogen (secondary N) is 1. The molecule has 0 bridgehead atoms. The van der Waals surface area contributed by atoms with Crippen LogP contribution in [0.25, 0.3) is 16.9 Å².